The highest BCUT2D eigenvalue weighted by Gasteiger charge is 2.11. The molecule has 0 bridgehead atoms. The van der Waals surface area contributed by atoms with Crippen LogP contribution in [0.5, 0.6) is 0 Å². The standard InChI is InChI=1S/C14H10BrN3O/c15-11-6-1-2-7-12(11)16-14(19)13-9-10-5-3-4-8-18(10)17-13/h1-9H,(H,16,19). The molecule has 4 nitrogen and oxygen atoms in total. The van der Waals surface area contributed by atoms with E-state index in [4.69, 9.17) is 0 Å². The molecule has 0 radical (unpaired) electrons. The fraction of sp³-hybridized carbons (Fsp3) is 0. The van der Waals surface area contributed by atoms with Crippen LogP contribution in [0.4, 0.5) is 5.69 Å². The molecule has 0 spiro atoms. The summed E-state index contributed by atoms with van der Waals surface area (Å²) in [5.74, 6) is -0.226. The SMILES string of the molecule is O=C(Nc1ccccc1Br)c1cc2ccccn2n1. The third kappa shape index (κ3) is 2.37. The number of rotatable bonds is 2. The van der Waals surface area contributed by atoms with E-state index in [2.05, 4.69) is 26.3 Å². The number of halogens is 1. The van der Waals surface area contributed by atoms with E-state index in [9.17, 15) is 4.79 Å². The van der Waals surface area contributed by atoms with E-state index in [1.807, 2.05) is 48.7 Å². The number of amides is 1. The minimum absolute atomic E-state index is 0.226. The maximum atomic E-state index is 12.1. The molecule has 3 aromatic rings. The predicted molar refractivity (Wildman–Crippen MR) is 77.3 cm³/mol. The number of nitrogens with zero attached hydrogens (tertiary/aromatic N) is 2. The zero-order chi connectivity index (χ0) is 13.2. The maximum absolute atomic E-state index is 12.1. The molecule has 0 atom stereocenters. The van der Waals surface area contributed by atoms with Crippen molar-refractivity contribution in [1.29, 1.82) is 0 Å². The molecule has 0 fully saturated rings. The van der Waals surface area contributed by atoms with Crippen molar-refractivity contribution >= 4 is 33.0 Å². The van der Waals surface area contributed by atoms with Crippen molar-refractivity contribution in [3.63, 3.8) is 0 Å². The van der Waals surface area contributed by atoms with Crippen LogP contribution in [0.25, 0.3) is 5.52 Å². The molecule has 0 unspecified atom stereocenters. The van der Waals surface area contributed by atoms with Gasteiger partial charge in [-0.3, -0.25) is 4.79 Å². The Morgan fingerprint density at radius 2 is 1.95 bits per heavy atom. The van der Waals surface area contributed by atoms with Crippen LogP contribution in [0.1, 0.15) is 10.5 Å². The van der Waals surface area contributed by atoms with E-state index >= 15 is 0 Å². The summed E-state index contributed by atoms with van der Waals surface area (Å²) < 4.78 is 2.52. The number of fused-ring (bicyclic) bond motifs is 1. The summed E-state index contributed by atoms with van der Waals surface area (Å²) in [6, 6.07) is 14.9. The first-order valence-electron chi connectivity index (χ1n) is 5.74. The minimum atomic E-state index is -0.226. The summed E-state index contributed by atoms with van der Waals surface area (Å²) in [7, 11) is 0. The van der Waals surface area contributed by atoms with E-state index in [0.717, 1.165) is 15.7 Å². The number of hydrogen-bond acceptors (Lipinski definition) is 2. The summed E-state index contributed by atoms with van der Waals surface area (Å²) in [6.45, 7) is 0. The number of pyridine rings is 1. The lowest BCUT2D eigenvalue weighted by Gasteiger charge is -2.04. The Morgan fingerprint density at radius 1 is 1.16 bits per heavy atom. The molecule has 0 saturated heterocycles. The van der Waals surface area contributed by atoms with E-state index in [1.165, 1.54) is 0 Å². The number of carbonyl (C=O) groups excluding carboxylic acids is 1. The zero-order valence-corrected chi connectivity index (χ0v) is 11.5. The minimum Gasteiger partial charge on any atom is -0.320 e. The van der Waals surface area contributed by atoms with Gasteiger partial charge in [-0.15, -0.1) is 0 Å². The lowest BCUT2D eigenvalue weighted by atomic mass is 10.3. The highest BCUT2D eigenvalue weighted by molar-refractivity contribution is 9.10. The van der Waals surface area contributed by atoms with E-state index in [0.29, 0.717) is 5.69 Å². The average molecular weight is 316 g/mol. The van der Waals surface area contributed by atoms with E-state index in [-0.39, 0.29) is 5.91 Å². The lowest BCUT2D eigenvalue weighted by Crippen LogP contribution is -2.12. The molecule has 3 rings (SSSR count). The Bertz CT molecular complexity index is 718. The van der Waals surface area contributed by atoms with Crippen LogP contribution in [0, 0.1) is 0 Å². The van der Waals surface area contributed by atoms with E-state index in [1.54, 1.807) is 10.6 Å². The normalized spacial score (nSPS) is 10.6. The quantitative estimate of drug-likeness (QED) is 0.788. The van der Waals surface area contributed by atoms with Gasteiger partial charge in [0.1, 0.15) is 0 Å². The highest BCUT2D eigenvalue weighted by atomic mass is 79.9. The van der Waals surface area contributed by atoms with Crippen molar-refractivity contribution in [2.24, 2.45) is 0 Å². The Kier molecular flexibility index (Phi) is 3.05. The molecule has 1 aromatic carbocycles. The Morgan fingerprint density at radius 3 is 2.74 bits per heavy atom. The van der Waals surface area contributed by atoms with Gasteiger partial charge in [-0.2, -0.15) is 5.10 Å². The van der Waals surface area contributed by atoms with Gasteiger partial charge in [-0.1, -0.05) is 18.2 Å². The Balaban J connectivity index is 1.90. The molecule has 2 aromatic heterocycles. The van der Waals surface area contributed by atoms with Crippen LogP contribution >= 0.6 is 15.9 Å². The molecule has 0 aliphatic carbocycles. The van der Waals surface area contributed by atoms with Crippen LogP contribution < -0.4 is 5.32 Å². The molecule has 5 heteroatoms. The Hall–Kier alpha value is -2.14. The van der Waals surface area contributed by atoms with Crippen molar-refractivity contribution in [3.05, 3.63) is 64.9 Å². The van der Waals surface area contributed by atoms with Crippen LogP contribution in [0.3, 0.4) is 0 Å². The maximum Gasteiger partial charge on any atom is 0.276 e. The molecule has 0 saturated carbocycles. The van der Waals surface area contributed by atoms with Crippen LogP contribution in [0.15, 0.2) is 59.2 Å². The first-order valence-corrected chi connectivity index (χ1v) is 6.53. The van der Waals surface area contributed by atoms with Crippen molar-refractivity contribution in [2.45, 2.75) is 0 Å². The van der Waals surface area contributed by atoms with Gasteiger partial charge in [0.15, 0.2) is 5.69 Å². The summed E-state index contributed by atoms with van der Waals surface area (Å²) >= 11 is 3.39. The molecule has 1 N–H and O–H groups in total. The van der Waals surface area contributed by atoms with Gasteiger partial charge < -0.3 is 5.32 Å². The van der Waals surface area contributed by atoms with Crippen LogP contribution in [-0.2, 0) is 0 Å². The molecule has 1 amide bonds. The number of anilines is 1. The van der Waals surface area contributed by atoms with Gasteiger partial charge in [0.25, 0.3) is 5.91 Å². The number of benzene rings is 1. The molecular weight excluding hydrogens is 306 g/mol. The number of hydrogen-bond donors (Lipinski definition) is 1. The molecule has 94 valence electrons. The summed E-state index contributed by atoms with van der Waals surface area (Å²) in [5.41, 5.74) is 2.01. The smallest absolute Gasteiger partial charge is 0.276 e. The first kappa shape index (κ1) is 11.9. The molecule has 0 aliphatic heterocycles. The van der Waals surface area contributed by atoms with Gasteiger partial charge in [0.05, 0.1) is 11.2 Å². The highest BCUT2D eigenvalue weighted by Crippen LogP contribution is 2.21. The fourth-order valence-corrected chi connectivity index (χ4v) is 2.18. The molecule has 2 heterocycles. The summed E-state index contributed by atoms with van der Waals surface area (Å²) in [6.07, 6.45) is 1.81. The topological polar surface area (TPSA) is 46.4 Å². The van der Waals surface area contributed by atoms with Crippen molar-refractivity contribution in [2.75, 3.05) is 5.32 Å². The second-order valence-electron chi connectivity index (χ2n) is 4.03. The van der Waals surface area contributed by atoms with Gasteiger partial charge in [-0.05, 0) is 46.3 Å². The predicted octanol–water partition coefficient (Wildman–Crippen LogP) is 3.35. The summed E-state index contributed by atoms with van der Waals surface area (Å²) in [5, 5.41) is 7.05. The number of carbonyl (C=O) groups is 1. The van der Waals surface area contributed by atoms with Crippen LogP contribution in [0.2, 0.25) is 0 Å². The zero-order valence-electron chi connectivity index (χ0n) is 9.88. The average Bonchev–Trinajstić information content (AvgIpc) is 2.85. The van der Waals surface area contributed by atoms with Gasteiger partial charge in [0, 0.05) is 10.7 Å². The number of aromatic nitrogens is 2. The Labute approximate surface area is 118 Å². The largest absolute Gasteiger partial charge is 0.320 e. The van der Waals surface area contributed by atoms with Crippen molar-refractivity contribution in [1.82, 2.24) is 9.61 Å². The van der Waals surface area contributed by atoms with E-state index < -0.39 is 0 Å². The van der Waals surface area contributed by atoms with Gasteiger partial charge in [-0.25, -0.2) is 4.52 Å². The molecule has 0 aliphatic rings. The summed E-state index contributed by atoms with van der Waals surface area (Å²) in [4.78, 5) is 12.1. The lowest BCUT2D eigenvalue weighted by molar-refractivity contribution is 0.102. The van der Waals surface area contributed by atoms with Crippen molar-refractivity contribution in [3.8, 4) is 0 Å². The first-order chi connectivity index (χ1) is 9.24. The van der Waals surface area contributed by atoms with Crippen molar-refractivity contribution < 1.29 is 4.79 Å². The van der Waals surface area contributed by atoms with Crippen LogP contribution in [-0.4, -0.2) is 15.5 Å². The van der Waals surface area contributed by atoms with Gasteiger partial charge in [0.2, 0.25) is 0 Å². The number of nitrogens with one attached hydrogen (secondary N) is 1. The number of para-hydroxylation sites is 1. The second-order valence-corrected chi connectivity index (χ2v) is 4.89. The monoisotopic (exact) mass is 315 g/mol. The second kappa shape index (κ2) is 4.85. The van der Waals surface area contributed by atoms with Gasteiger partial charge >= 0.3 is 0 Å². The third-order valence-electron chi connectivity index (χ3n) is 2.72. The third-order valence-corrected chi connectivity index (χ3v) is 3.42. The molecule has 19 heavy (non-hydrogen) atoms. The fourth-order valence-electron chi connectivity index (χ4n) is 1.80. The molecular formula is C14H10BrN3O.